The highest BCUT2D eigenvalue weighted by atomic mass is 32.1. The lowest BCUT2D eigenvalue weighted by Crippen LogP contribution is -2.24. The molecule has 0 aliphatic heterocycles. The number of nitrogens with one attached hydrogen (secondary N) is 1. The number of thiazole rings is 1. The minimum absolute atomic E-state index is 0.0383. The van der Waals surface area contributed by atoms with Gasteiger partial charge >= 0.3 is 12.4 Å². The van der Waals surface area contributed by atoms with Crippen LogP contribution in [0.2, 0.25) is 0 Å². The number of aryl methyl sites for hydroxylation is 1. The Bertz CT molecular complexity index is 1260. The molecule has 1 N–H and O–H groups in total. The first-order valence-electron chi connectivity index (χ1n) is 9.26. The smallest absolute Gasteiger partial charge is 0.347 e. The number of hydrogen-bond acceptors (Lipinski definition) is 6. The number of alkyl halides is 6. The van der Waals surface area contributed by atoms with E-state index in [9.17, 15) is 45.2 Å². The quantitative estimate of drug-likeness (QED) is 0.201. The summed E-state index contributed by atoms with van der Waals surface area (Å²) in [6, 6.07) is 2.39. The fraction of sp³-hybridized carbons (Fsp3) is 0.200. The summed E-state index contributed by atoms with van der Waals surface area (Å²) in [4.78, 5) is 20.3. The maximum Gasteiger partial charge on any atom is 0.416 e. The first-order chi connectivity index (χ1) is 16.2. The number of rotatable bonds is 5. The number of amides is 1. The summed E-state index contributed by atoms with van der Waals surface area (Å²) < 4.78 is 105. The number of aromatic nitrogens is 2. The van der Waals surface area contributed by atoms with E-state index in [0.29, 0.717) is 17.0 Å². The summed E-state index contributed by atoms with van der Waals surface area (Å²) in [5.74, 6) is -3.39. The van der Waals surface area contributed by atoms with E-state index in [1.54, 1.807) is 6.19 Å². The zero-order valence-electron chi connectivity index (χ0n) is 17.2. The van der Waals surface area contributed by atoms with E-state index in [0.717, 1.165) is 23.5 Å². The number of nitriles is 1. The lowest BCUT2D eigenvalue weighted by Gasteiger charge is -2.14. The van der Waals surface area contributed by atoms with E-state index in [1.165, 1.54) is 6.92 Å². The van der Waals surface area contributed by atoms with E-state index >= 15 is 0 Å². The number of pyridine rings is 1. The highest BCUT2D eigenvalue weighted by molar-refractivity contribution is 7.16. The molecule has 35 heavy (non-hydrogen) atoms. The van der Waals surface area contributed by atoms with Gasteiger partial charge in [0.1, 0.15) is 5.69 Å². The average molecular weight is 521 g/mol. The standard InChI is InChI=1S/C20H11F8N5OS/c1-9-16(32-18(35-9)33(8-29)13-5-14(21)31-15(22)6-13)17(34)30-7-10-2-11(19(23,24)25)4-12(3-10)20(26,27)28/h2-6H,7H2,1H3,(H,30,34). The van der Waals surface area contributed by atoms with Crippen LogP contribution in [-0.4, -0.2) is 15.9 Å². The number of halogens is 8. The van der Waals surface area contributed by atoms with E-state index in [2.05, 4.69) is 15.3 Å². The minimum atomic E-state index is -5.05. The third kappa shape index (κ3) is 6.01. The summed E-state index contributed by atoms with van der Waals surface area (Å²) in [7, 11) is 0. The lowest BCUT2D eigenvalue weighted by atomic mass is 10.0. The van der Waals surface area contributed by atoms with E-state index in [-0.39, 0.29) is 27.5 Å². The Morgan fingerprint density at radius 2 is 1.54 bits per heavy atom. The molecule has 1 amide bonds. The van der Waals surface area contributed by atoms with Crippen LogP contribution in [0.1, 0.15) is 32.1 Å². The molecule has 184 valence electrons. The summed E-state index contributed by atoms with van der Waals surface area (Å²) in [6.07, 6.45) is -8.45. The molecule has 0 radical (unpaired) electrons. The van der Waals surface area contributed by atoms with Crippen molar-refractivity contribution in [1.29, 1.82) is 5.26 Å². The minimum Gasteiger partial charge on any atom is -0.347 e. The maximum atomic E-state index is 13.4. The molecule has 6 nitrogen and oxygen atoms in total. The van der Waals surface area contributed by atoms with E-state index < -0.39 is 53.4 Å². The van der Waals surface area contributed by atoms with Gasteiger partial charge in [-0.05, 0) is 30.7 Å². The fourth-order valence-electron chi connectivity index (χ4n) is 2.87. The van der Waals surface area contributed by atoms with Gasteiger partial charge in [-0.2, -0.15) is 45.4 Å². The molecule has 2 aromatic heterocycles. The highest BCUT2D eigenvalue weighted by Crippen LogP contribution is 2.36. The van der Waals surface area contributed by atoms with E-state index in [1.807, 2.05) is 0 Å². The Morgan fingerprint density at radius 1 is 1.00 bits per heavy atom. The van der Waals surface area contributed by atoms with Crippen LogP contribution >= 0.6 is 11.3 Å². The second-order valence-electron chi connectivity index (χ2n) is 6.90. The van der Waals surface area contributed by atoms with Gasteiger partial charge in [0.2, 0.25) is 17.0 Å². The van der Waals surface area contributed by atoms with Crippen molar-refractivity contribution in [2.24, 2.45) is 0 Å². The summed E-state index contributed by atoms with van der Waals surface area (Å²) in [5.41, 5.74) is -4.10. The zero-order chi connectivity index (χ0) is 26.1. The molecule has 0 aliphatic rings. The summed E-state index contributed by atoms with van der Waals surface area (Å²) in [5, 5.41) is 11.4. The van der Waals surface area contributed by atoms with Gasteiger partial charge in [-0.3, -0.25) is 4.79 Å². The SMILES string of the molecule is Cc1sc(N(C#N)c2cc(F)nc(F)c2)nc1C(=O)NCc1cc(C(F)(F)F)cc(C(F)(F)F)c1. The maximum absolute atomic E-state index is 13.4. The van der Waals surface area contributed by atoms with Gasteiger partial charge in [0.05, 0.1) is 16.8 Å². The second kappa shape index (κ2) is 9.45. The molecule has 0 bridgehead atoms. The Kier molecular flexibility index (Phi) is 6.97. The third-order valence-corrected chi connectivity index (χ3v) is 5.35. The van der Waals surface area contributed by atoms with Gasteiger partial charge in [-0.25, -0.2) is 9.88 Å². The molecular formula is C20H11F8N5OS. The van der Waals surface area contributed by atoms with Crippen molar-refractivity contribution in [2.45, 2.75) is 25.8 Å². The van der Waals surface area contributed by atoms with Crippen LogP contribution < -0.4 is 10.2 Å². The number of nitrogens with zero attached hydrogens (tertiary/aromatic N) is 4. The van der Waals surface area contributed by atoms with E-state index in [4.69, 9.17) is 0 Å². The van der Waals surface area contributed by atoms with Gasteiger partial charge < -0.3 is 5.32 Å². The molecule has 0 unspecified atom stereocenters. The molecule has 0 spiro atoms. The molecule has 0 aliphatic carbocycles. The van der Waals surface area contributed by atoms with Crippen LogP contribution in [0.15, 0.2) is 30.3 Å². The molecule has 1 aromatic carbocycles. The number of carbonyl (C=O) groups excluding carboxylic acids is 1. The van der Waals surface area contributed by atoms with Gasteiger partial charge in [-0.15, -0.1) is 11.3 Å². The van der Waals surface area contributed by atoms with Crippen molar-refractivity contribution in [2.75, 3.05) is 4.90 Å². The first kappa shape index (κ1) is 25.8. The predicted octanol–water partition coefficient (Wildman–Crippen LogP) is 5.71. The zero-order valence-corrected chi connectivity index (χ0v) is 18.0. The average Bonchev–Trinajstić information content (AvgIpc) is 3.11. The monoisotopic (exact) mass is 521 g/mol. The summed E-state index contributed by atoms with van der Waals surface area (Å²) in [6.45, 7) is 0.715. The van der Waals surface area contributed by atoms with Crippen molar-refractivity contribution >= 4 is 28.1 Å². The molecule has 3 rings (SSSR count). The van der Waals surface area contributed by atoms with Crippen LogP contribution in [0, 0.1) is 30.3 Å². The molecule has 15 heteroatoms. The molecule has 0 saturated heterocycles. The van der Waals surface area contributed by atoms with Crippen LogP contribution in [-0.2, 0) is 18.9 Å². The fourth-order valence-corrected chi connectivity index (χ4v) is 3.75. The normalized spacial score (nSPS) is 11.8. The van der Waals surface area contributed by atoms with Gasteiger partial charge in [-0.1, -0.05) is 0 Å². The molecule has 0 saturated carbocycles. The van der Waals surface area contributed by atoms with Crippen molar-refractivity contribution in [3.63, 3.8) is 0 Å². The van der Waals surface area contributed by atoms with Gasteiger partial charge in [0.25, 0.3) is 5.91 Å². The Balaban J connectivity index is 1.85. The first-order valence-corrected chi connectivity index (χ1v) is 10.1. The van der Waals surface area contributed by atoms with Crippen molar-refractivity contribution in [1.82, 2.24) is 15.3 Å². The van der Waals surface area contributed by atoms with Crippen molar-refractivity contribution in [3.8, 4) is 6.19 Å². The Labute approximate surface area is 195 Å². The van der Waals surface area contributed by atoms with Crippen molar-refractivity contribution < 1.29 is 39.9 Å². The van der Waals surface area contributed by atoms with Crippen LogP contribution in [0.4, 0.5) is 45.9 Å². The topological polar surface area (TPSA) is 81.9 Å². The lowest BCUT2D eigenvalue weighted by molar-refractivity contribution is -0.143. The Hall–Kier alpha value is -3.80. The number of hydrogen-bond donors (Lipinski definition) is 1. The second-order valence-corrected chi connectivity index (χ2v) is 8.09. The molecule has 0 atom stereocenters. The predicted molar refractivity (Wildman–Crippen MR) is 106 cm³/mol. The number of carbonyl (C=O) groups is 1. The van der Waals surface area contributed by atoms with Crippen LogP contribution in [0.25, 0.3) is 0 Å². The van der Waals surface area contributed by atoms with Gasteiger partial charge in [0.15, 0.2) is 6.19 Å². The van der Waals surface area contributed by atoms with Crippen LogP contribution in [0.3, 0.4) is 0 Å². The summed E-state index contributed by atoms with van der Waals surface area (Å²) >= 11 is 0.784. The number of benzene rings is 1. The highest BCUT2D eigenvalue weighted by Gasteiger charge is 2.37. The molecule has 2 heterocycles. The Morgan fingerprint density at radius 3 is 2.03 bits per heavy atom. The largest absolute Gasteiger partial charge is 0.416 e. The third-order valence-electron chi connectivity index (χ3n) is 4.40. The van der Waals surface area contributed by atoms with Gasteiger partial charge in [0, 0.05) is 23.6 Å². The molecule has 0 fully saturated rings. The van der Waals surface area contributed by atoms with Crippen molar-refractivity contribution in [3.05, 3.63) is 69.5 Å². The molecule has 3 aromatic rings. The number of anilines is 2. The van der Waals surface area contributed by atoms with Crippen LogP contribution in [0.5, 0.6) is 0 Å². The molecular weight excluding hydrogens is 510 g/mol.